The van der Waals surface area contributed by atoms with Gasteiger partial charge in [-0.25, -0.2) is 14.1 Å². The van der Waals surface area contributed by atoms with Crippen molar-refractivity contribution >= 4 is 11.0 Å². The third-order valence-corrected chi connectivity index (χ3v) is 6.38. The molecule has 178 valence electrons. The lowest BCUT2D eigenvalue weighted by atomic mass is 9.71. The quantitative estimate of drug-likeness (QED) is 0.435. The van der Waals surface area contributed by atoms with Gasteiger partial charge in [0.2, 0.25) is 0 Å². The van der Waals surface area contributed by atoms with Crippen molar-refractivity contribution in [3.63, 3.8) is 0 Å². The molecule has 12 heteroatoms. The maximum absolute atomic E-state index is 14.3. The number of alkyl halides is 3. The molecule has 0 bridgehead atoms. The van der Waals surface area contributed by atoms with Gasteiger partial charge in [-0.1, -0.05) is 6.07 Å². The van der Waals surface area contributed by atoms with E-state index in [0.717, 1.165) is 12.3 Å². The van der Waals surface area contributed by atoms with Crippen LogP contribution in [0.3, 0.4) is 0 Å². The Morgan fingerprint density at radius 1 is 1.20 bits per heavy atom. The van der Waals surface area contributed by atoms with Gasteiger partial charge >= 0.3 is 6.18 Å². The Bertz CT molecular complexity index is 1520. The van der Waals surface area contributed by atoms with Crippen LogP contribution in [0.2, 0.25) is 0 Å². The highest BCUT2D eigenvalue weighted by atomic mass is 19.4. The maximum atomic E-state index is 14.3. The standard InChI is InChI=1S/C23H17F4N7O/c1-11(12-4-7-17(30-10-12)23(25,26)27)34-21-18(16(9-28)33-34)22(35)32-20(31-21)14-6-5-13(14)19-15(24)3-2-8-29-19/h2-4,7-8,10-11,13-14H,5-6H2,1H3,(H,31,32,35)/t11-,13-,14-/m0/s1. The Morgan fingerprint density at radius 2 is 1.97 bits per heavy atom. The molecule has 0 radical (unpaired) electrons. The molecule has 5 rings (SSSR count). The second kappa shape index (κ2) is 8.26. The van der Waals surface area contributed by atoms with Crippen LogP contribution >= 0.6 is 0 Å². The predicted octanol–water partition coefficient (Wildman–Crippen LogP) is 4.21. The summed E-state index contributed by atoms with van der Waals surface area (Å²) in [6, 6.07) is 6.13. The fraction of sp³-hybridized carbons (Fsp3) is 0.304. The van der Waals surface area contributed by atoms with Crippen LogP contribution in [0, 0.1) is 17.1 Å². The minimum atomic E-state index is -4.58. The van der Waals surface area contributed by atoms with Gasteiger partial charge in [0.05, 0.1) is 11.7 Å². The minimum Gasteiger partial charge on any atom is -0.310 e. The van der Waals surface area contributed by atoms with Crippen molar-refractivity contribution < 1.29 is 17.6 Å². The van der Waals surface area contributed by atoms with Crippen molar-refractivity contribution in [3.05, 3.63) is 81.3 Å². The first-order valence-corrected chi connectivity index (χ1v) is 10.7. The first-order chi connectivity index (χ1) is 16.7. The van der Waals surface area contributed by atoms with Crippen LogP contribution in [0.15, 0.2) is 41.5 Å². The van der Waals surface area contributed by atoms with E-state index in [-0.39, 0.29) is 28.6 Å². The molecule has 1 aliphatic carbocycles. The molecule has 0 unspecified atom stereocenters. The number of halogens is 4. The molecule has 0 amide bonds. The Hall–Kier alpha value is -4.14. The summed E-state index contributed by atoms with van der Waals surface area (Å²) < 4.78 is 54.3. The Kier molecular flexibility index (Phi) is 5.35. The van der Waals surface area contributed by atoms with Gasteiger partial charge in [-0.3, -0.25) is 14.8 Å². The smallest absolute Gasteiger partial charge is 0.310 e. The lowest BCUT2D eigenvalue weighted by Crippen LogP contribution is -2.28. The SMILES string of the molecule is C[C@@H](c1ccc(C(F)(F)F)nc1)n1nc(C#N)c2c(=O)[nH]c([C@H]3CC[C@@H]3c3ncccc3F)nc21. The number of nitrogens with one attached hydrogen (secondary N) is 1. The maximum Gasteiger partial charge on any atom is 0.433 e. The second-order valence-electron chi connectivity index (χ2n) is 8.37. The average Bonchev–Trinajstić information content (AvgIpc) is 3.18. The van der Waals surface area contributed by atoms with Gasteiger partial charge in [0.15, 0.2) is 11.3 Å². The number of H-pyrrole nitrogens is 1. The summed E-state index contributed by atoms with van der Waals surface area (Å²) in [6.07, 6.45) is -0.693. The zero-order valence-corrected chi connectivity index (χ0v) is 18.2. The topological polar surface area (TPSA) is 113 Å². The van der Waals surface area contributed by atoms with Crippen LogP contribution in [-0.4, -0.2) is 29.7 Å². The molecule has 35 heavy (non-hydrogen) atoms. The van der Waals surface area contributed by atoms with E-state index in [4.69, 9.17) is 0 Å². The van der Waals surface area contributed by atoms with Crippen LogP contribution in [0.5, 0.6) is 0 Å². The van der Waals surface area contributed by atoms with Gasteiger partial charge in [-0.2, -0.15) is 23.5 Å². The van der Waals surface area contributed by atoms with E-state index in [2.05, 4.69) is 25.0 Å². The fourth-order valence-electron chi connectivity index (χ4n) is 4.37. The predicted molar refractivity (Wildman–Crippen MR) is 115 cm³/mol. The number of hydrogen-bond donors (Lipinski definition) is 1. The summed E-state index contributed by atoms with van der Waals surface area (Å²) >= 11 is 0. The van der Waals surface area contributed by atoms with Crippen molar-refractivity contribution in [3.8, 4) is 6.07 Å². The summed E-state index contributed by atoms with van der Waals surface area (Å²) in [5, 5.41) is 13.7. The van der Waals surface area contributed by atoms with Gasteiger partial charge < -0.3 is 4.98 Å². The van der Waals surface area contributed by atoms with Crippen LogP contribution in [0.4, 0.5) is 17.6 Å². The summed E-state index contributed by atoms with van der Waals surface area (Å²) in [5.41, 5.74) is -0.980. The van der Waals surface area contributed by atoms with Crippen molar-refractivity contribution in [2.45, 2.75) is 43.8 Å². The number of rotatable bonds is 4. The van der Waals surface area contributed by atoms with Crippen LogP contribution in [0.25, 0.3) is 11.0 Å². The molecule has 1 fully saturated rings. The largest absolute Gasteiger partial charge is 0.433 e. The molecular weight excluding hydrogens is 466 g/mol. The Balaban J connectivity index is 1.58. The first-order valence-electron chi connectivity index (χ1n) is 10.7. The molecule has 0 saturated heterocycles. The molecule has 4 aromatic heterocycles. The van der Waals surface area contributed by atoms with Gasteiger partial charge in [0.1, 0.15) is 28.8 Å². The van der Waals surface area contributed by atoms with Crippen molar-refractivity contribution in [1.29, 1.82) is 5.26 Å². The van der Waals surface area contributed by atoms with Crippen LogP contribution < -0.4 is 5.56 Å². The number of nitriles is 1. The summed E-state index contributed by atoms with van der Waals surface area (Å²) in [7, 11) is 0. The molecule has 8 nitrogen and oxygen atoms in total. The van der Waals surface area contributed by atoms with Crippen LogP contribution in [-0.2, 0) is 6.18 Å². The lowest BCUT2D eigenvalue weighted by Gasteiger charge is -2.35. The molecular formula is C23H17F4N7O. The molecule has 0 aliphatic heterocycles. The minimum absolute atomic E-state index is 0.0251. The summed E-state index contributed by atoms with van der Waals surface area (Å²) in [6.45, 7) is 1.65. The second-order valence-corrected chi connectivity index (χ2v) is 8.37. The zero-order valence-electron chi connectivity index (χ0n) is 18.2. The van der Waals surface area contributed by atoms with E-state index < -0.39 is 29.3 Å². The van der Waals surface area contributed by atoms with E-state index in [0.29, 0.717) is 29.9 Å². The van der Waals surface area contributed by atoms with E-state index in [1.54, 1.807) is 6.92 Å². The highest BCUT2D eigenvalue weighted by Gasteiger charge is 2.38. The molecule has 0 spiro atoms. The third-order valence-electron chi connectivity index (χ3n) is 6.38. The van der Waals surface area contributed by atoms with Crippen molar-refractivity contribution in [1.82, 2.24) is 29.7 Å². The van der Waals surface area contributed by atoms with E-state index in [9.17, 15) is 27.6 Å². The number of fused-ring (bicyclic) bond motifs is 1. The number of pyridine rings is 2. The molecule has 0 aromatic carbocycles. The summed E-state index contributed by atoms with van der Waals surface area (Å²) in [4.78, 5) is 27.8. The molecule has 1 saturated carbocycles. The van der Waals surface area contributed by atoms with Crippen molar-refractivity contribution in [2.24, 2.45) is 0 Å². The third kappa shape index (κ3) is 3.82. The summed E-state index contributed by atoms with van der Waals surface area (Å²) in [5.74, 6) is -0.702. The van der Waals surface area contributed by atoms with Gasteiger partial charge in [0.25, 0.3) is 5.56 Å². The highest BCUT2D eigenvalue weighted by molar-refractivity contribution is 5.80. The molecule has 1 aliphatic rings. The average molecular weight is 483 g/mol. The number of aromatic amines is 1. The van der Waals surface area contributed by atoms with Crippen molar-refractivity contribution in [2.75, 3.05) is 0 Å². The molecule has 4 heterocycles. The van der Waals surface area contributed by atoms with E-state index in [1.807, 2.05) is 6.07 Å². The number of aromatic nitrogens is 6. The normalized spacial score (nSPS) is 18.7. The first kappa shape index (κ1) is 22.6. The molecule has 4 aromatic rings. The number of nitrogens with zero attached hydrogens (tertiary/aromatic N) is 6. The van der Waals surface area contributed by atoms with Gasteiger partial charge in [-0.05, 0) is 43.5 Å². The molecule has 3 atom stereocenters. The Morgan fingerprint density at radius 3 is 2.57 bits per heavy atom. The van der Waals surface area contributed by atoms with E-state index in [1.165, 1.54) is 29.1 Å². The van der Waals surface area contributed by atoms with Gasteiger partial charge in [0, 0.05) is 24.2 Å². The fourth-order valence-corrected chi connectivity index (χ4v) is 4.37. The number of hydrogen-bond acceptors (Lipinski definition) is 6. The molecule has 1 N–H and O–H groups in total. The van der Waals surface area contributed by atoms with Crippen LogP contribution in [0.1, 0.15) is 66.1 Å². The van der Waals surface area contributed by atoms with E-state index >= 15 is 0 Å². The monoisotopic (exact) mass is 483 g/mol. The Labute approximate surface area is 195 Å². The van der Waals surface area contributed by atoms with Gasteiger partial charge in [-0.15, -0.1) is 0 Å². The highest BCUT2D eigenvalue weighted by Crippen LogP contribution is 2.48. The zero-order chi connectivity index (χ0) is 24.9. The lowest BCUT2D eigenvalue weighted by molar-refractivity contribution is -0.141.